The first-order chi connectivity index (χ1) is 11.9. The molecule has 0 aromatic heterocycles. The molecule has 1 aliphatic heterocycles. The number of carbonyl (C=O) groups is 2. The van der Waals surface area contributed by atoms with Gasteiger partial charge >= 0.3 is 13.0 Å². The predicted octanol–water partition coefficient (Wildman–Crippen LogP) is 3.56. The van der Waals surface area contributed by atoms with Crippen molar-refractivity contribution in [2.24, 2.45) is 5.09 Å². The Morgan fingerprint density at radius 2 is 2.24 bits per heavy atom. The number of benzene rings is 1. The summed E-state index contributed by atoms with van der Waals surface area (Å²) in [6.45, 7) is 1.87. The zero-order valence-electron chi connectivity index (χ0n) is 13.2. The van der Waals surface area contributed by atoms with Crippen molar-refractivity contribution < 1.29 is 19.0 Å². The van der Waals surface area contributed by atoms with Crippen molar-refractivity contribution in [3.63, 3.8) is 0 Å². The van der Waals surface area contributed by atoms with Crippen molar-refractivity contribution in [3.8, 4) is 5.75 Å². The Labute approximate surface area is 168 Å². The molecule has 0 saturated carbocycles. The van der Waals surface area contributed by atoms with Gasteiger partial charge < -0.3 is 14.7 Å². The number of carbonyl (C=O) groups excluding carboxylic acids is 2. The fourth-order valence-corrected chi connectivity index (χ4v) is 3.24. The van der Waals surface area contributed by atoms with Gasteiger partial charge in [0.25, 0.3) is 0 Å². The van der Waals surface area contributed by atoms with Crippen LogP contribution in [-0.2, 0) is 16.0 Å². The molecule has 1 aromatic carbocycles. The Kier molecular flexibility index (Phi) is 7.32. The molecule has 0 bridgehead atoms. The summed E-state index contributed by atoms with van der Waals surface area (Å²) in [6.07, 6.45) is 1.22. The molecule has 0 saturated heterocycles. The van der Waals surface area contributed by atoms with Crippen molar-refractivity contribution in [1.82, 2.24) is 5.32 Å². The Bertz CT molecular complexity index is 706. The zero-order chi connectivity index (χ0) is 18.6. The van der Waals surface area contributed by atoms with Gasteiger partial charge in [0.2, 0.25) is 5.91 Å². The lowest BCUT2D eigenvalue weighted by molar-refractivity contribution is -0.121. The molecule has 0 radical (unpaired) electrons. The van der Waals surface area contributed by atoms with Crippen LogP contribution in [-0.4, -0.2) is 29.5 Å². The maximum Gasteiger partial charge on any atom is 0.570 e. The summed E-state index contributed by atoms with van der Waals surface area (Å²) < 4.78 is 10.6. The van der Waals surface area contributed by atoms with Gasteiger partial charge in [-0.3, -0.25) is 4.79 Å². The number of nitrogens with one attached hydrogen (secondary N) is 1. The Morgan fingerprint density at radius 3 is 2.84 bits per heavy atom. The van der Waals surface area contributed by atoms with Crippen LogP contribution in [0.1, 0.15) is 35.7 Å². The van der Waals surface area contributed by atoms with Crippen molar-refractivity contribution in [1.29, 1.82) is 0 Å². The van der Waals surface area contributed by atoms with Crippen molar-refractivity contribution in [2.75, 3.05) is 4.61 Å². The van der Waals surface area contributed by atoms with E-state index >= 15 is 0 Å². The van der Waals surface area contributed by atoms with Crippen LogP contribution in [0.4, 0.5) is 0 Å². The summed E-state index contributed by atoms with van der Waals surface area (Å²) >= 11 is 14.1. The normalized spacial score (nSPS) is 15.8. The molecule has 2 rings (SSSR count). The number of halogens is 3. The smallest absolute Gasteiger partial charge is 0.536 e. The molecule has 0 fully saturated rings. The van der Waals surface area contributed by atoms with Gasteiger partial charge in [0.1, 0.15) is 15.9 Å². The highest BCUT2D eigenvalue weighted by Gasteiger charge is 2.41. The largest absolute Gasteiger partial charge is 0.570 e. The van der Waals surface area contributed by atoms with E-state index < -0.39 is 19.0 Å². The molecular formula is C14H14BCl2IN2O5. The van der Waals surface area contributed by atoms with Crippen LogP contribution in [0.25, 0.3) is 0 Å². The number of alkyl halides is 1. The number of hydrogen-bond acceptors (Lipinski definition) is 6. The van der Waals surface area contributed by atoms with Crippen molar-refractivity contribution in [3.05, 3.63) is 32.1 Å². The third kappa shape index (κ3) is 4.56. The average molecular weight is 499 g/mol. The second-order valence-electron chi connectivity index (χ2n) is 5.32. The van der Waals surface area contributed by atoms with Gasteiger partial charge in [-0.05, 0) is 47.1 Å². The third-order valence-corrected chi connectivity index (χ3v) is 4.69. The van der Waals surface area contributed by atoms with E-state index in [-0.39, 0.29) is 38.3 Å². The first kappa shape index (κ1) is 20.2. The summed E-state index contributed by atoms with van der Waals surface area (Å²) in [7, 11) is -1.18. The molecule has 1 atom stereocenters. The minimum atomic E-state index is -1.18. The molecular weight excluding hydrogens is 485 g/mol. The van der Waals surface area contributed by atoms with Gasteiger partial charge in [0.05, 0.1) is 16.0 Å². The van der Waals surface area contributed by atoms with Crippen molar-refractivity contribution in [2.45, 2.75) is 32.1 Å². The zero-order valence-corrected chi connectivity index (χ0v) is 16.9. The van der Waals surface area contributed by atoms with Crippen LogP contribution in [0.5, 0.6) is 5.75 Å². The van der Waals surface area contributed by atoms with E-state index in [1.165, 1.54) is 0 Å². The van der Waals surface area contributed by atoms with E-state index in [1.807, 2.05) is 29.5 Å². The van der Waals surface area contributed by atoms with E-state index in [9.17, 15) is 14.5 Å². The second-order valence-corrected chi connectivity index (χ2v) is 6.73. The third-order valence-electron chi connectivity index (χ3n) is 3.59. The predicted molar refractivity (Wildman–Crippen MR) is 103 cm³/mol. The standard InChI is InChI=1S/C14H14BCl2IN2O5/c1-2-3-10(21)19-9-5-7-4-8(16)12(17)11(14(22)24-6-18)13(7)25-15(9)20-23/h4,9H,2-3,5-6H2,1H3,(H,19,21)/t9-/m0/s1. The van der Waals surface area contributed by atoms with Gasteiger partial charge in [-0.2, -0.15) is 4.91 Å². The van der Waals surface area contributed by atoms with E-state index in [0.29, 0.717) is 18.4 Å². The van der Waals surface area contributed by atoms with Crippen LogP contribution in [0.3, 0.4) is 0 Å². The van der Waals surface area contributed by atoms with Gasteiger partial charge in [0, 0.05) is 6.42 Å². The number of nitrogens with zero attached hydrogens (tertiary/aromatic N) is 1. The Hall–Kier alpha value is -1.07. The Morgan fingerprint density at radius 1 is 1.52 bits per heavy atom. The second kappa shape index (κ2) is 9.04. The molecule has 25 heavy (non-hydrogen) atoms. The first-order valence-corrected chi connectivity index (χ1v) is 9.73. The number of esters is 1. The Balaban J connectivity index is 2.41. The van der Waals surface area contributed by atoms with Crippen LogP contribution in [0.2, 0.25) is 10.0 Å². The highest BCUT2D eigenvalue weighted by atomic mass is 127. The lowest BCUT2D eigenvalue weighted by atomic mass is 9.68. The maximum absolute atomic E-state index is 12.2. The quantitative estimate of drug-likeness (QED) is 0.213. The van der Waals surface area contributed by atoms with E-state index in [1.54, 1.807) is 6.07 Å². The number of amides is 1. The SMILES string of the molecule is CCCC(=O)N[C@H]1Cc2cc(Cl)c(Cl)c(C(=O)OCI)c2OB1N=O. The molecule has 0 unspecified atom stereocenters. The van der Waals surface area contributed by atoms with Crippen molar-refractivity contribution >= 4 is 64.7 Å². The topological polar surface area (TPSA) is 94.1 Å². The monoisotopic (exact) mass is 498 g/mol. The molecule has 1 heterocycles. The lowest BCUT2D eigenvalue weighted by Crippen LogP contribution is -2.52. The number of ether oxygens (including phenoxy) is 1. The highest BCUT2D eigenvalue weighted by molar-refractivity contribution is 14.1. The highest BCUT2D eigenvalue weighted by Crippen LogP contribution is 2.40. The van der Waals surface area contributed by atoms with Crippen LogP contribution < -0.4 is 9.97 Å². The van der Waals surface area contributed by atoms with E-state index in [4.69, 9.17) is 32.6 Å². The van der Waals surface area contributed by atoms with Gasteiger partial charge in [-0.1, -0.05) is 35.2 Å². The fourth-order valence-electron chi connectivity index (χ4n) is 2.52. The first-order valence-electron chi connectivity index (χ1n) is 7.45. The minimum Gasteiger partial charge on any atom is -0.536 e. The number of nitroso groups, excluding NO2 is 1. The molecule has 1 N–H and O–H groups in total. The van der Waals surface area contributed by atoms with Crippen LogP contribution in [0, 0.1) is 4.91 Å². The summed E-state index contributed by atoms with van der Waals surface area (Å²) in [4.78, 5) is 35.2. The van der Waals surface area contributed by atoms with Gasteiger partial charge in [0.15, 0.2) is 0 Å². The van der Waals surface area contributed by atoms with Crippen LogP contribution >= 0.6 is 45.8 Å². The number of fused-ring (bicyclic) bond motifs is 1. The summed E-state index contributed by atoms with van der Waals surface area (Å²) in [6, 6.07) is 1.54. The average Bonchev–Trinajstić information content (AvgIpc) is 2.56. The lowest BCUT2D eigenvalue weighted by Gasteiger charge is -2.29. The number of hydrogen-bond donors (Lipinski definition) is 1. The van der Waals surface area contributed by atoms with Gasteiger partial charge in [-0.15, -0.1) is 0 Å². The molecule has 11 heteroatoms. The minimum absolute atomic E-state index is 0.0200. The number of rotatable bonds is 6. The molecule has 0 aliphatic carbocycles. The fraction of sp³-hybridized carbons (Fsp3) is 0.429. The van der Waals surface area contributed by atoms with E-state index in [0.717, 1.165) is 0 Å². The molecule has 1 amide bonds. The van der Waals surface area contributed by atoms with E-state index in [2.05, 4.69) is 10.4 Å². The molecule has 134 valence electrons. The molecule has 1 aromatic rings. The van der Waals surface area contributed by atoms with Gasteiger partial charge in [-0.25, -0.2) is 4.79 Å². The molecule has 1 aliphatic rings. The summed E-state index contributed by atoms with van der Waals surface area (Å²) in [5.41, 5.74) is 0.490. The summed E-state index contributed by atoms with van der Waals surface area (Å²) in [5, 5.41) is 5.77. The molecule has 0 spiro atoms. The maximum atomic E-state index is 12.2. The molecule has 7 nitrogen and oxygen atoms in total. The van der Waals surface area contributed by atoms with Crippen LogP contribution in [0.15, 0.2) is 11.2 Å². The summed E-state index contributed by atoms with van der Waals surface area (Å²) in [5.74, 6) is -1.47.